The molecule has 1 fully saturated rings. The lowest BCUT2D eigenvalue weighted by Crippen LogP contribution is -2.50. The maximum Gasteiger partial charge on any atom is 0.254 e. The van der Waals surface area contributed by atoms with E-state index in [9.17, 15) is 13.2 Å². The largest absolute Gasteiger partial charge is 0.382 e. The molecule has 0 radical (unpaired) electrons. The van der Waals surface area contributed by atoms with Crippen LogP contribution in [0.5, 0.6) is 0 Å². The molecule has 1 aliphatic rings. The van der Waals surface area contributed by atoms with Crippen molar-refractivity contribution in [1.29, 1.82) is 0 Å². The SMILES string of the molecule is CCCC1(COC)CCCN1C(=O)c1cc(C)c(C)c(S(N)(=O)=O)c1. The molecule has 6 nitrogen and oxygen atoms in total. The molecule has 1 aromatic carbocycles. The smallest absolute Gasteiger partial charge is 0.254 e. The van der Waals surface area contributed by atoms with Gasteiger partial charge in [-0.05, 0) is 56.4 Å². The highest BCUT2D eigenvalue weighted by Gasteiger charge is 2.43. The van der Waals surface area contributed by atoms with E-state index in [1.54, 1.807) is 27.0 Å². The van der Waals surface area contributed by atoms with Crippen molar-refractivity contribution >= 4 is 15.9 Å². The molecule has 2 N–H and O–H groups in total. The molecule has 2 rings (SSSR count). The van der Waals surface area contributed by atoms with Crippen LogP contribution in [0.3, 0.4) is 0 Å². The lowest BCUT2D eigenvalue weighted by molar-refractivity contribution is 0.0254. The second kappa shape index (κ2) is 7.43. The Morgan fingerprint density at radius 1 is 1.36 bits per heavy atom. The summed E-state index contributed by atoms with van der Waals surface area (Å²) in [6.07, 6.45) is 3.62. The topological polar surface area (TPSA) is 89.7 Å². The molecule has 0 spiro atoms. The van der Waals surface area contributed by atoms with Crippen LogP contribution in [0.25, 0.3) is 0 Å². The third-order valence-corrected chi connectivity index (χ3v) is 6.18. The van der Waals surface area contributed by atoms with Crippen LogP contribution < -0.4 is 5.14 Å². The fraction of sp³-hybridized carbons (Fsp3) is 0.611. The fourth-order valence-corrected chi connectivity index (χ4v) is 4.75. The van der Waals surface area contributed by atoms with Gasteiger partial charge in [0.1, 0.15) is 0 Å². The quantitative estimate of drug-likeness (QED) is 0.835. The van der Waals surface area contributed by atoms with E-state index >= 15 is 0 Å². The molecule has 140 valence electrons. The molecule has 25 heavy (non-hydrogen) atoms. The van der Waals surface area contributed by atoms with E-state index in [1.807, 2.05) is 4.90 Å². The number of rotatable bonds is 6. The molecule has 0 aromatic heterocycles. The Morgan fingerprint density at radius 2 is 2.04 bits per heavy atom. The molecule has 0 bridgehead atoms. The molecule has 0 saturated carbocycles. The van der Waals surface area contributed by atoms with Crippen molar-refractivity contribution in [3.63, 3.8) is 0 Å². The fourth-order valence-electron chi connectivity index (χ4n) is 3.87. The highest BCUT2D eigenvalue weighted by molar-refractivity contribution is 7.89. The van der Waals surface area contributed by atoms with Crippen LogP contribution in [0.15, 0.2) is 17.0 Å². The Balaban J connectivity index is 2.48. The Labute approximate surface area is 150 Å². The average molecular weight is 368 g/mol. The number of ether oxygens (including phenoxy) is 1. The summed E-state index contributed by atoms with van der Waals surface area (Å²) in [7, 11) is -2.23. The summed E-state index contributed by atoms with van der Waals surface area (Å²) in [5.41, 5.74) is 1.37. The van der Waals surface area contributed by atoms with Crippen molar-refractivity contribution in [1.82, 2.24) is 4.90 Å². The Hall–Kier alpha value is -1.44. The molecule has 1 aliphatic heterocycles. The van der Waals surface area contributed by atoms with Crippen LogP contribution in [0.2, 0.25) is 0 Å². The van der Waals surface area contributed by atoms with E-state index < -0.39 is 10.0 Å². The van der Waals surface area contributed by atoms with Crippen molar-refractivity contribution in [3.05, 3.63) is 28.8 Å². The molecular weight excluding hydrogens is 340 g/mol. The van der Waals surface area contributed by atoms with Crippen molar-refractivity contribution in [3.8, 4) is 0 Å². The molecular formula is C18H28N2O4S. The zero-order valence-electron chi connectivity index (χ0n) is 15.5. The third kappa shape index (κ3) is 3.88. The Kier molecular flexibility index (Phi) is 5.91. The lowest BCUT2D eigenvalue weighted by atomic mass is 9.91. The number of sulfonamides is 1. The maximum atomic E-state index is 13.2. The van der Waals surface area contributed by atoms with Gasteiger partial charge in [0.25, 0.3) is 5.91 Å². The van der Waals surface area contributed by atoms with Crippen LogP contribution in [-0.4, -0.2) is 45.0 Å². The highest BCUT2D eigenvalue weighted by atomic mass is 32.2. The third-order valence-electron chi connectivity index (χ3n) is 5.14. The second-order valence-electron chi connectivity index (χ2n) is 6.93. The van der Waals surface area contributed by atoms with E-state index in [0.717, 1.165) is 31.2 Å². The van der Waals surface area contributed by atoms with E-state index in [1.165, 1.54) is 6.07 Å². The summed E-state index contributed by atoms with van der Waals surface area (Å²) in [6, 6.07) is 3.15. The number of hydrogen-bond donors (Lipinski definition) is 1. The molecule has 7 heteroatoms. The second-order valence-corrected chi connectivity index (χ2v) is 8.46. The molecule has 1 saturated heterocycles. The van der Waals surface area contributed by atoms with Crippen molar-refractivity contribution < 1.29 is 17.9 Å². The van der Waals surface area contributed by atoms with Crippen LogP contribution in [0.1, 0.15) is 54.1 Å². The monoisotopic (exact) mass is 368 g/mol. The Morgan fingerprint density at radius 3 is 2.60 bits per heavy atom. The first-order chi connectivity index (χ1) is 11.7. The first-order valence-corrected chi connectivity index (χ1v) is 10.2. The number of amides is 1. The van der Waals surface area contributed by atoms with E-state index in [2.05, 4.69) is 6.92 Å². The number of hydrogen-bond acceptors (Lipinski definition) is 4. The predicted molar refractivity (Wildman–Crippen MR) is 97.1 cm³/mol. The predicted octanol–water partition coefficient (Wildman–Crippen LogP) is 2.37. The van der Waals surface area contributed by atoms with Crippen LogP contribution in [-0.2, 0) is 14.8 Å². The highest BCUT2D eigenvalue weighted by Crippen LogP contribution is 2.35. The van der Waals surface area contributed by atoms with Crippen LogP contribution in [0.4, 0.5) is 0 Å². The van der Waals surface area contributed by atoms with Crippen molar-refractivity contribution in [2.75, 3.05) is 20.3 Å². The summed E-state index contributed by atoms with van der Waals surface area (Å²) in [4.78, 5) is 15.1. The van der Waals surface area contributed by atoms with Gasteiger partial charge in [-0.25, -0.2) is 13.6 Å². The minimum absolute atomic E-state index is 0.0166. The number of benzene rings is 1. The van der Waals surface area contributed by atoms with E-state index in [-0.39, 0.29) is 16.3 Å². The summed E-state index contributed by atoms with van der Waals surface area (Å²) in [5.74, 6) is -0.156. The standard InChI is InChI=1S/C18H28N2O4S/c1-5-7-18(12-24-4)8-6-9-20(18)17(21)15-10-13(2)14(3)16(11-15)25(19,22)23/h10-11H,5-9,12H2,1-4H3,(H2,19,22,23). The molecule has 1 heterocycles. The molecule has 1 amide bonds. The number of likely N-dealkylation sites (tertiary alicyclic amines) is 1. The number of aryl methyl sites for hydroxylation is 1. The molecule has 1 atom stereocenters. The number of carbonyl (C=O) groups excluding carboxylic acids is 1. The zero-order chi connectivity index (χ0) is 18.8. The van der Waals surface area contributed by atoms with Crippen molar-refractivity contribution in [2.45, 2.75) is 56.9 Å². The number of methoxy groups -OCH3 is 1. The molecule has 1 aromatic rings. The molecule has 1 unspecified atom stereocenters. The molecule has 0 aliphatic carbocycles. The average Bonchev–Trinajstić information content (AvgIpc) is 2.92. The van der Waals surface area contributed by atoms with Gasteiger partial charge in [0.05, 0.1) is 17.0 Å². The summed E-state index contributed by atoms with van der Waals surface area (Å²) in [5, 5.41) is 5.32. The summed E-state index contributed by atoms with van der Waals surface area (Å²) >= 11 is 0. The first-order valence-electron chi connectivity index (χ1n) is 8.61. The van der Waals surface area contributed by atoms with Gasteiger partial charge < -0.3 is 9.64 Å². The number of carbonyl (C=O) groups is 1. The van der Waals surface area contributed by atoms with Gasteiger partial charge >= 0.3 is 0 Å². The summed E-state index contributed by atoms with van der Waals surface area (Å²) < 4.78 is 29.1. The number of nitrogens with two attached hydrogens (primary N) is 1. The first kappa shape index (κ1) is 19.9. The number of primary sulfonamides is 1. The minimum Gasteiger partial charge on any atom is -0.382 e. The number of nitrogens with zero attached hydrogens (tertiary/aromatic N) is 1. The van der Waals surface area contributed by atoms with Gasteiger partial charge in [0.2, 0.25) is 10.0 Å². The van der Waals surface area contributed by atoms with Crippen LogP contribution >= 0.6 is 0 Å². The van der Waals surface area contributed by atoms with Crippen molar-refractivity contribution in [2.24, 2.45) is 5.14 Å². The van der Waals surface area contributed by atoms with Gasteiger partial charge in [0, 0.05) is 19.2 Å². The van der Waals surface area contributed by atoms with Gasteiger partial charge in [0.15, 0.2) is 0 Å². The van der Waals surface area contributed by atoms with Crippen LogP contribution in [0, 0.1) is 13.8 Å². The minimum atomic E-state index is -3.88. The lowest BCUT2D eigenvalue weighted by Gasteiger charge is -2.38. The van der Waals surface area contributed by atoms with Gasteiger partial charge in [-0.1, -0.05) is 13.3 Å². The summed E-state index contributed by atoms with van der Waals surface area (Å²) in [6.45, 7) is 6.72. The Bertz CT molecular complexity index is 753. The van der Waals surface area contributed by atoms with Gasteiger partial charge in [-0.2, -0.15) is 0 Å². The van der Waals surface area contributed by atoms with E-state index in [0.29, 0.717) is 24.3 Å². The van der Waals surface area contributed by atoms with Gasteiger partial charge in [-0.3, -0.25) is 4.79 Å². The zero-order valence-corrected chi connectivity index (χ0v) is 16.3. The van der Waals surface area contributed by atoms with E-state index in [4.69, 9.17) is 9.88 Å². The maximum absolute atomic E-state index is 13.2. The van der Waals surface area contributed by atoms with Gasteiger partial charge in [-0.15, -0.1) is 0 Å². The normalized spacial score (nSPS) is 20.9.